The molecule has 0 N–H and O–H groups in total. The van der Waals surface area contributed by atoms with Gasteiger partial charge in [0.15, 0.2) is 5.78 Å². The number of aryl methyl sites for hydroxylation is 1. The van der Waals surface area contributed by atoms with Gasteiger partial charge in [-0.1, -0.05) is 18.3 Å². The molecule has 0 saturated heterocycles. The predicted molar refractivity (Wildman–Crippen MR) is 71.0 cm³/mol. The van der Waals surface area contributed by atoms with Crippen molar-refractivity contribution in [1.82, 2.24) is 9.59 Å². The van der Waals surface area contributed by atoms with E-state index in [1.165, 1.54) is 17.1 Å². The SMILES string of the molecule is CC(C)c1nnsc1C(=O)CCc1ccsc1. The number of rotatable bonds is 5. The van der Waals surface area contributed by atoms with Gasteiger partial charge in [-0.25, -0.2) is 0 Å². The average Bonchev–Trinajstić information content (AvgIpc) is 2.96. The summed E-state index contributed by atoms with van der Waals surface area (Å²) in [7, 11) is 0. The fraction of sp³-hybridized carbons (Fsp3) is 0.417. The van der Waals surface area contributed by atoms with Crippen molar-refractivity contribution in [2.75, 3.05) is 0 Å². The van der Waals surface area contributed by atoms with Crippen molar-refractivity contribution >= 4 is 28.7 Å². The number of hydrogen-bond donors (Lipinski definition) is 0. The molecule has 90 valence electrons. The van der Waals surface area contributed by atoms with Crippen molar-refractivity contribution in [3.05, 3.63) is 33.0 Å². The fourth-order valence-corrected chi connectivity index (χ4v) is 3.06. The number of hydrogen-bond acceptors (Lipinski definition) is 5. The molecule has 0 unspecified atom stereocenters. The van der Waals surface area contributed by atoms with Crippen LogP contribution in [0.2, 0.25) is 0 Å². The molecule has 0 aliphatic rings. The van der Waals surface area contributed by atoms with Gasteiger partial charge in [-0.15, -0.1) is 5.10 Å². The Morgan fingerprint density at radius 2 is 2.29 bits per heavy atom. The standard InChI is InChI=1S/C12H14N2OS2/c1-8(2)11-12(17-14-13-11)10(15)4-3-9-5-6-16-7-9/h5-8H,3-4H2,1-2H3. The second-order valence-corrected chi connectivity index (χ2v) is 5.73. The van der Waals surface area contributed by atoms with E-state index in [9.17, 15) is 4.79 Å². The minimum atomic E-state index is 0.162. The van der Waals surface area contributed by atoms with Crippen molar-refractivity contribution in [2.45, 2.75) is 32.6 Å². The summed E-state index contributed by atoms with van der Waals surface area (Å²) < 4.78 is 3.88. The zero-order valence-corrected chi connectivity index (χ0v) is 11.5. The molecule has 5 heteroatoms. The van der Waals surface area contributed by atoms with Gasteiger partial charge < -0.3 is 0 Å². The highest BCUT2D eigenvalue weighted by atomic mass is 32.1. The molecule has 0 spiro atoms. The van der Waals surface area contributed by atoms with Crippen LogP contribution in [0.4, 0.5) is 0 Å². The molecule has 2 heterocycles. The topological polar surface area (TPSA) is 42.9 Å². The first-order chi connectivity index (χ1) is 8.18. The lowest BCUT2D eigenvalue weighted by Crippen LogP contribution is -2.03. The Hall–Kier alpha value is -1.07. The minimum Gasteiger partial charge on any atom is -0.293 e. The first kappa shape index (κ1) is 12.4. The molecule has 0 atom stereocenters. The molecular formula is C12H14N2OS2. The normalized spacial score (nSPS) is 11.0. The van der Waals surface area contributed by atoms with Crippen LogP contribution in [-0.4, -0.2) is 15.4 Å². The van der Waals surface area contributed by atoms with Gasteiger partial charge in [0.05, 0.1) is 5.69 Å². The van der Waals surface area contributed by atoms with E-state index in [4.69, 9.17) is 0 Å². The summed E-state index contributed by atoms with van der Waals surface area (Å²) in [5.74, 6) is 0.420. The Kier molecular flexibility index (Phi) is 4.02. The third-order valence-corrected chi connectivity index (χ3v) is 4.05. The molecule has 0 fully saturated rings. The molecule has 0 amide bonds. The van der Waals surface area contributed by atoms with E-state index in [0.29, 0.717) is 6.42 Å². The highest BCUT2D eigenvalue weighted by Gasteiger charge is 2.18. The molecule has 2 rings (SSSR count). The van der Waals surface area contributed by atoms with Crippen LogP contribution < -0.4 is 0 Å². The van der Waals surface area contributed by atoms with E-state index in [1.54, 1.807) is 11.3 Å². The number of thiophene rings is 1. The van der Waals surface area contributed by atoms with Crippen LogP contribution in [0.3, 0.4) is 0 Å². The number of carbonyl (C=O) groups is 1. The third kappa shape index (κ3) is 2.98. The Balaban J connectivity index is 2.02. The number of carbonyl (C=O) groups excluding carboxylic acids is 1. The van der Waals surface area contributed by atoms with Crippen LogP contribution in [0.15, 0.2) is 16.8 Å². The van der Waals surface area contributed by atoms with Gasteiger partial charge in [0, 0.05) is 6.42 Å². The summed E-state index contributed by atoms with van der Waals surface area (Å²) >= 11 is 2.88. The molecular weight excluding hydrogens is 252 g/mol. The molecule has 0 aliphatic carbocycles. The quantitative estimate of drug-likeness (QED) is 0.777. The molecule has 0 bridgehead atoms. The van der Waals surface area contributed by atoms with Crippen LogP contribution in [-0.2, 0) is 6.42 Å². The zero-order chi connectivity index (χ0) is 12.3. The average molecular weight is 266 g/mol. The second kappa shape index (κ2) is 5.51. The predicted octanol–water partition coefficient (Wildman–Crippen LogP) is 3.54. The van der Waals surface area contributed by atoms with Gasteiger partial charge in [0.2, 0.25) is 0 Å². The smallest absolute Gasteiger partial charge is 0.176 e. The highest BCUT2D eigenvalue weighted by Crippen LogP contribution is 2.22. The van der Waals surface area contributed by atoms with Gasteiger partial charge in [0.1, 0.15) is 4.88 Å². The van der Waals surface area contributed by atoms with Crippen molar-refractivity contribution in [2.24, 2.45) is 0 Å². The highest BCUT2D eigenvalue weighted by molar-refractivity contribution is 7.08. The van der Waals surface area contributed by atoms with Crippen molar-refractivity contribution in [3.8, 4) is 0 Å². The number of aromatic nitrogens is 2. The largest absolute Gasteiger partial charge is 0.293 e. The van der Waals surface area contributed by atoms with E-state index in [-0.39, 0.29) is 11.7 Å². The molecule has 2 aromatic rings. The Labute approximate surface area is 109 Å². The maximum absolute atomic E-state index is 12.1. The van der Waals surface area contributed by atoms with Crippen LogP contribution >= 0.6 is 22.9 Å². The molecule has 0 aliphatic heterocycles. The second-order valence-electron chi connectivity index (χ2n) is 4.20. The number of Topliss-reactive ketones (excluding diaryl/α,β-unsaturated/α-hetero) is 1. The molecule has 17 heavy (non-hydrogen) atoms. The van der Waals surface area contributed by atoms with Crippen LogP contribution in [0.25, 0.3) is 0 Å². The lowest BCUT2D eigenvalue weighted by Gasteiger charge is -2.02. The van der Waals surface area contributed by atoms with Gasteiger partial charge in [-0.3, -0.25) is 4.79 Å². The van der Waals surface area contributed by atoms with Gasteiger partial charge in [-0.2, -0.15) is 11.3 Å². The maximum Gasteiger partial charge on any atom is 0.176 e. The van der Waals surface area contributed by atoms with Gasteiger partial charge in [0.25, 0.3) is 0 Å². The van der Waals surface area contributed by atoms with Crippen LogP contribution in [0.5, 0.6) is 0 Å². The van der Waals surface area contributed by atoms with Crippen LogP contribution in [0, 0.1) is 0 Å². The number of ketones is 1. The molecule has 0 radical (unpaired) electrons. The summed E-state index contributed by atoms with van der Waals surface area (Å²) in [6.07, 6.45) is 1.35. The van der Waals surface area contributed by atoms with Crippen molar-refractivity contribution in [3.63, 3.8) is 0 Å². The Morgan fingerprint density at radius 3 is 2.94 bits per heavy atom. The van der Waals surface area contributed by atoms with Crippen molar-refractivity contribution in [1.29, 1.82) is 0 Å². The van der Waals surface area contributed by atoms with Gasteiger partial charge in [-0.05, 0) is 46.3 Å². The summed E-state index contributed by atoms with van der Waals surface area (Å²) in [5, 5.41) is 8.15. The molecule has 3 nitrogen and oxygen atoms in total. The molecule has 2 aromatic heterocycles. The fourth-order valence-electron chi connectivity index (χ4n) is 1.58. The van der Waals surface area contributed by atoms with Crippen LogP contribution in [0.1, 0.15) is 47.1 Å². The molecule has 0 aromatic carbocycles. The van der Waals surface area contributed by atoms with E-state index in [2.05, 4.69) is 21.0 Å². The summed E-state index contributed by atoms with van der Waals surface area (Å²) in [6, 6.07) is 2.06. The maximum atomic E-state index is 12.1. The lowest BCUT2D eigenvalue weighted by molar-refractivity contribution is 0.0985. The first-order valence-corrected chi connectivity index (χ1v) is 7.26. The van der Waals surface area contributed by atoms with Gasteiger partial charge >= 0.3 is 0 Å². The number of nitrogens with zero attached hydrogens (tertiary/aromatic N) is 2. The van der Waals surface area contributed by atoms with E-state index in [0.717, 1.165) is 17.0 Å². The minimum absolute atomic E-state index is 0.162. The summed E-state index contributed by atoms with van der Waals surface area (Å²) in [4.78, 5) is 12.8. The Bertz CT molecular complexity index is 488. The van der Waals surface area contributed by atoms with Crippen molar-refractivity contribution < 1.29 is 4.79 Å². The summed E-state index contributed by atoms with van der Waals surface area (Å²) in [5.41, 5.74) is 2.07. The van der Waals surface area contributed by atoms with E-state index in [1.807, 2.05) is 19.2 Å². The zero-order valence-electron chi connectivity index (χ0n) is 9.84. The Morgan fingerprint density at radius 1 is 1.47 bits per heavy atom. The monoisotopic (exact) mass is 266 g/mol. The summed E-state index contributed by atoms with van der Waals surface area (Å²) in [6.45, 7) is 4.07. The first-order valence-electron chi connectivity index (χ1n) is 5.55. The third-order valence-electron chi connectivity index (χ3n) is 2.53. The van der Waals surface area contributed by atoms with E-state index >= 15 is 0 Å². The lowest BCUT2D eigenvalue weighted by atomic mass is 10.0. The van der Waals surface area contributed by atoms with E-state index < -0.39 is 0 Å². The molecule has 0 saturated carbocycles.